The van der Waals surface area contributed by atoms with E-state index >= 15 is 0 Å². The van der Waals surface area contributed by atoms with Crippen LogP contribution in [0.4, 0.5) is 10.5 Å². The number of aliphatic hydroxyl groups is 1. The Morgan fingerprint density at radius 3 is 2.54 bits per heavy atom. The zero-order chi connectivity index (χ0) is 32.5. The normalized spacial score (nSPS) is 11.7. The van der Waals surface area contributed by atoms with Crippen LogP contribution in [0.2, 0.25) is 5.02 Å². The highest BCUT2D eigenvalue weighted by Gasteiger charge is 2.20. The number of hydrogen-bond donors (Lipinski definition) is 3. The summed E-state index contributed by atoms with van der Waals surface area (Å²) >= 11 is 6.23. The van der Waals surface area contributed by atoms with E-state index in [9.17, 15) is 19.5 Å². The predicted octanol–water partition coefficient (Wildman–Crippen LogP) is 3.82. The van der Waals surface area contributed by atoms with Gasteiger partial charge in [0.15, 0.2) is 0 Å². The Labute approximate surface area is 268 Å². The van der Waals surface area contributed by atoms with Gasteiger partial charge in [0.2, 0.25) is 5.91 Å². The average molecular weight is 641 g/mol. The summed E-state index contributed by atoms with van der Waals surface area (Å²) in [4.78, 5) is 38.4. The first kappa shape index (κ1) is 31.8. The summed E-state index contributed by atoms with van der Waals surface area (Å²) < 4.78 is 7.27. The Morgan fingerprint density at radius 1 is 1.07 bits per heavy atom. The largest absolute Gasteiger partial charge is 0.453 e. The van der Waals surface area contributed by atoms with Crippen molar-refractivity contribution in [2.45, 2.75) is 19.0 Å². The van der Waals surface area contributed by atoms with Gasteiger partial charge in [0.25, 0.3) is 5.56 Å². The monoisotopic (exact) mass is 640 g/mol. The lowest BCUT2D eigenvalue weighted by molar-refractivity contribution is -0.117. The second-order valence-corrected chi connectivity index (χ2v) is 10.4. The van der Waals surface area contributed by atoms with E-state index in [4.69, 9.17) is 11.6 Å². The van der Waals surface area contributed by atoms with Gasteiger partial charge >= 0.3 is 6.09 Å². The highest BCUT2D eigenvalue weighted by Crippen LogP contribution is 2.24. The van der Waals surface area contributed by atoms with Gasteiger partial charge in [-0.05, 0) is 70.4 Å². The summed E-state index contributed by atoms with van der Waals surface area (Å²) in [5.41, 5.74) is 3.46. The van der Waals surface area contributed by atoms with Crippen molar-refractivity contribution in [3.63, 3.8) is 0 Å². The van der Waals surface area contributed by atoms with Crippen molar-refractivity contribution in [2.75, 3.05) is 19.0 Å². The maximum absolute atomic E-state index is 13.4. The van der Waals surface area contributed by atoms with E-state index in [-0.39, 0.29) is 13.2 Å². The molecule has 3 aromatic carbocycles. The summed E-state index contributed by atoms with van der Waals surface area (Å²) in [6.07, 6.45) is 4.14. The lowest BCUT2D eigenvalue weighted by Crippen LogP contribution is -2.33. The van der Waals surface area contributed by atoms with Crippen LogP contribution in [0.5, 0.6) is 0 Å². The number of amides is 2. The Morgan fingerprint density at radius 2 is 1.85 bits per heavy atom. The van der Waals surface area contributed by atoms with Gasteiger partial charge in [-0.25, -0.2) is 9.48 Å². The van der Waals surface area contributed by atoms with Crippen LogP contribution in [0.25, 0.3) is 22.9 Å². The lowest BCUT2D eigenvalue weighted by atomic mass is 10.00. The summed E-state index contributed by atoms with van der Waals surface area (Å²) in [5.74, 6) is -0.426. The molecular formula is C32H29ClN8O5. The molecule has 0 aliphatic heterocycles. The van der Waals surface area contributed by atoms with Crippen LogP contribution in [0.15, 0.2) is 96.1 Å². The molecule has 0 aliphatic carbocycles. The van der Waals surface area contributed by atoms with Gasteiger partial charge < -0.3 is 15.2 Å². The molecule has 2 heterocycles. The van der Waals surface area contributed by atoms with E-state index in [1.54, 1.807) is 54.6 Å². The molecule has 2 aromatic heterocycles. The number of hydrogen-bond acceptors (Lipinski definition) is 9. The molecular weight excluding hydrogens is 612 g/mol. The first-order chi connectivity index (χ1) is 22.3. The molecule has 2 amide bonds. The van der Waals surface area contributed by atoms with Crippen molar-refractivity contribution in [1.29, 1.82) is 0 Å². The number of ether oxygens (including phenoxy) is 1. The molecule has 0 saturated heterocycles. The SMILES string of the molecule is COC(=O)Nc1ccc(-c2cc([C@H](Cc3ccccc3)NC(=O)C=Cc3cc(Cl)ccc3-n3cnnn3)nn(CCO)c2=O)cc1. The van der Waals surface area contributed by atoms with Crippen molar-refractivity contribution in [3.8, 4) is 16.8 Å². The molecule has 3 N–H and O–H groups in total. The predicted molar refractivity (Wildman–Crippen MR) is 171 cm³/mol. The third-order valence-corrected chi connectivity index (χ3v) is 7.12. The Hall–Kier alpha value is -5.66. The van der Waals surface area contributed by atoms with Gasteiger partial charge in [-0.3, -0.25) is 14.9 Å². The molecule has 14 heteroatoms. The summed E-state index contributed by atoms with van der Waals surface area (Å²) in [6.45, 7) is -0.373. The molecule has 234 valence electrons. The number of halogens is 1. The fourth-order valence-corrected chi connectivity index (χ4v) is 4.87. The molecule has 0 saturated carbocycles. The average Bonchev–Trinajstić information content (AvgIpc) is 3.60. The topological polar surface area (TPSA) is 166 Å². The number of methoxy groups -OCH3 is 1. The smallest absolute Gasteiger partial charge is 0.411 e. The summed E-state index contributed by atoms with van der Waals surface area (Å²) in [7, 11) is 1.26. The minimum Gasteiger partial charge on any atom is -0.453 e. The number of rotatable bonds is 11. The number of nitrogens with one attached hydrogen (secondary N) is 2. The maximum atomic E-state index is 13.4. The number of aliphatic hydroxyl groups excluding tert-OH is 1. The van der Waals surface area contributed by atoms with E-state index in [2.05, 4.69) is 36.0 Å². The summed E-state index contributed by atoms with van der Waals surface area (Å²) in [6, 6.07) is 22.2. The molecule has 5 aromatic rings. The number of carbonyl (C=O) groups is 2. The van der Waals surface area contributed by atoms with E-state index < -0.39 is 23.6 Å². The Balaban J connectivity index is 1.49. The number of tetrazole rings is 1. The van der Waals surface area contributed by atoms with Gasteiger partial charge in [-0.1, -0.05) is 54.1 Å². The fourth-order valence-electron chi connectivity index (χ4n) is 4.69. The van der Waals surface area contributed by atoms with Crippen LogP contribution in [0.1, 0.15) is 22.9 Å². The minimum absolute atomic E-state index is 0.0533. The van der Waals surface area contributed by atoms with Crippen molar-refractivity contribution < 1.29 is 19.4 Å². The van der Waals surface area contributed by atoms with E-state index in [1.807, 2.05) is 30.3 Å². The maximum Gasteiger partial charge on any atom is 0.411 e. The molecule has 0 radical (unpaired) electrons. The molecule has 0 spiro atoms. The number of aromatic nitrogens is 6. The Bertz CT molecular complexity index is 1890. The second kappa shape index (κ2) is 14.9. The number of nitrogens with zero attached hydrogens (tertiary/aromatic N) is 6. The van der Waals surface area contributed by atoms with Crippen LogP contribution in [0, 0.1) is 0 Å². The molecule has 0 bridgehead atoms. The van der Waals surface area contributed by atoms with Crippen molar-refractivity contribution >= 4 is 35.4 Å². The molecule has 0 unspecified atom stereocenters. The first-order valence-corrected chi connectivity index (χ1v) is 14.5. The molecule has 5 rings (SSSR count). The highest BCUT2D eigenvalue weighted by atomic mass is 35.5. The van der Waals surface area contributed by atoms with Gasteiger partial charge in [0.1, 0.15) is 6.33 Å². The van der Waals surface area contributed by atoms with Gasteiger partial charge in [0.05, 0.1) is 43.2 Å². The third-order valence-electron chi connectivity index (χ3n) is 6.89. The van der Waals surface area contributed by atoms with Crippen LogP contribution in [0.3, 0.4) is 0 Å². The van der Waals surface area contributed by atoms with Crippen LogP contribution < -0.4 is 16.2 Å². The summed E-state index contributed by atoms with van der Waals surface area (Å²) in [5, 5.41) is 31.6. The molecule has 46 heavy (non-hydrogen) atoms. The molecule has 0 aliphatic rings. The Kier molecular flexibility index (Phi) is 10.3. The zero-order valence-corrected chi connectivity index (χ0v) is 25.3. The lowest BCUT2D eigenvalue weighted by Gasteiger charge is -2.20. The molecule has 0 fully saturated rings. The quantitative estimate of drug-likeness (QED) is 0.182. The van der Waals surface area contributed by atoms with E-state index in [0.717, 1.165) is 5.56 Å². The second-order valence-electron chi connectivity index (χ2n) is 9.97. The molecule has 1 atom stereocenters. The van der Waals surface area contributed by atoms with Crippen LogP contribution >= 0.6 is 11.6 Å². The van der Waals surface area contributed by atoms with Crippen LogP contribution in [-0.4, -0.2) is 60.8 Å². The zero-order valence-electron chi connectivity index (χ0n) is 24.6. The van der Waals surface area contributed by atoms with Gasteiger partial charge in [0, 0.05) is 22.3 Å². The highest BCUT2D eigenvalue weighted by molar-refractivity contribution is 6.30. The molecule has 13 nitrogen and oxygen atoms in total. The minimum atomic E-state index is -0.664. The van der Waals surface area contributed by atoms with Crippen LogP contribution in [-0.2, 0) is 22.5 Å². The standard InChI is InChI=1S/C32H29ClN8O5/c1-46-32(45)35-25-11-7-22(8-12-25)26-19-28(37-40(15-16-42)31(26)44)27(17-21-5-3-2-4-6-21)36-30(43)14-9-23-18-24(33)10-13-29(23)41-20-34-38-39-41/h2-14,18-20,27,42H,15-17H2,1H3,(H,35,45)(H,36,43)/t27-/m0/s1. The fraction of sp³-hybridized carbons (Fsp3) is 0.156. The van der Waals surface area contributed by atoms with Crippen molar-refractivity contribution in [3.05, 3.63) is 123 Å². The van der Waals surface area contributed by atoms with E-state index in [0.29, 0.717) is 45.2 Å². The van der Waals surface area contributed by atoms with E-state index in [1.165, 1.54) is 28.9 Å². The number of carbonyl (C=O) groups excluding carboxylic acids is 2. The number of benzene rings is 3. The van der Waals surface area contributed by atoms with Crippen molar-refractivity contribution in [2.24, 2.45) is 0 Å². The third kappa shape index (κ3) is 7.88. The number of anilines is 1. The first-order valence-electron chi connectivity index (χ1n) is 14.1. The van der Waals surface area contributed by atoms with Gasteiger partial charge in [-0.15, -0.1) is 5.10 Å². The van der Waals surface area contributed by atoms with Crippen molar-refractivity contribution in [1.82, 2.24) is 35.3 Å². The van der Waals surface area contributed by atoms with Gasteiger partial charge in [-0.2, -0.15) is 9.78 Å².